The van der Waals surface area contributed by atoms with Crippen molar-refractivity contribution in [3.05, 3.63) is 24.0 Å². The van der Waals surface area contributed by atoms with Crippen LogP contribution >= 0.6 is 0 Å². The Morgan fingerprint density at radius 1 is 1.20 bits per heavy atom. The van der Waals surface area contributed by atoms with Crippen LogP contribution in [0.15, 0.2) is 18.2 Å². The van der Waals surface area contributed by atoms with Crippen molar-refractivity contribution in [1.82, 2.24) is 5.32 Å². The minimum atomic E-state index is -5.08. The molecule has 166 valence electrons. The maximum Gasteiger partial charge on any atom is 0.490 e. The molecule has 3 rings (SSSR count). The molecule has 2 amide bonds. The summed E-state index contributed by atoms with van der Waals surface area (Å²) in [5, 5.41) is 12.4. The standard InChI is InChI=1S/C16H21FN4O2.C2HF3O2/c17-12-9-11(19-13-2-4-15(22)20-16(13)23)1-3-14(12)21-7-5-10(18)6-8-21;3-2(4,5)1(6)7/h1,3,9-10,13,19H,2,4-8,18H2,(H,20,22,23);(H,6,7). The van der Waals surface area contributed by atoms with E-state index in [9.17, 15) is 27.2 Å². The molecule has 0 bridgehead atoms. The number of imide groups is 1. The number of nitrogens with one attached hydrogen (secondary N) is 2. The molecule has 2 aliphatic rings. The van der Waals surface area contributed by atoms with E-state index >= 15 is 0 Å². The van der Waals surface area contributed by atoms with Crippen molar-refractivity contribution >= 4 is 29.2 Å². The van der Waals surface area contributed by atoms with Gasteiger partial charge in [0.25, 0.3) is 0 Å². The van der Waals surface area contributed by atoms with E-state index in [1.807, 2.05) is 4.90 Å². The summed E-state index contributed by atoms with van der Waals surface area (Å²) in [6.07, 6.45) is -2.67. The summed E-state index contributed by atoms with van der Waals surface area (Å²) in [6, 6.07) is 4.57. The Morgan fingerprint density at radius 3 is 2.30 bits per heavy atom. The van der Waals surface area contributed by atoms with Crippen molar-refractivity contribution in [3.63, 3.8) is 0 Å². The molecular formula is C18H22F4N4O4. The minimum Gasteiger partial charge on any atom is -0.475 e. The van der Waals surface area contributed by atoms with E-state index in [1.54, 1.807) is 12.1 Å². The number of halogens is 4. The van der Waals surface area contributed by atoms with Crippen LogP contribution in [0.5, 0.6) is 0 Å². The fourth-order valence-corrected chi connectivity index (χ4v) is 3.03. The predicted octanol–water partition coefficient (Wildman–Crippen LogP) is 1.60. The average molecular weight is 434 g/mol. The molecule has 30 heavy (non-hydrogen) atoms. The van der Waals surface area contributed by atoms with E-state index in [1.165, 1.54) is 6.07 Å². The molecule has 2 saturated heterocycles. The van der Waals surface area contributed by atoms with Crippen LogP contribution in [-0.2, 0) is 14.4 Å². The predicted molar refractivity (Wildman–Crippen MR) is 99.3 cm³/mol. The number of alkyl halides is 3. The number of carbonyl (C=O) groups excluding carboxylic acids is 2. The molecule has 0 aliphatic carbocycles. The summed E-state index contributed by atoms with van der Waals surface area (Å²) in [5.74, 6) is -3.71. The number of nitrogens with zero attached hydrogens (tertiary/aromatic N) is 1. The lowest BCUT2D eigenvalue weighted by Gasteiger charge is -2.32. The number of carboxylic acids is 1. The number of benzene rings is 1. The normalized spacial score (nSPS) is 20.2. The summed E-state index contributed by atoms with van der Waals surface area (Å²) >= 11 is 0. The maximum atomic E-state index is 14.4. The topological polar surface area (TPSA) is 125 Å². The Hall–Kier alpha value is -2.89. The first-order valence-corrected chi connectivity index (χ1v) is 9.17. The molecule has 2 heterocycles. The van der Waals surface area contributed by atoms with Gasteiger partial charge >= 0.3 is 12.1 Å². The third-order valence-electron chi connectivity index (χ3n) is 4.65. The van der Waals surface area contributed by atoms with Gasteiger partial charge in [0, 0.05) is 31.2 Å². The van der Waals surface area contributed by atoms with Crippen LogP contribution in [0.1, 0.15) is 25.7 Å². The van der Waals surface area contributed by atoms with E-state index in [4.69, 9.17) is 15.6 Å². The average Bonchev–Trinajstić information content (AvgIpc) is 2.65. The second-order valence-corrected chi connectivity index (χ2v) is 6.94. The molecule has 1 aromatic rings. The Bertz CT molecular complexity index is 795. The van der Waals surface area contributed by atoms with Gasteiger partial charge in [-0.3, -0.25) is 14.9 Å². The SMILES string of the molecule is NC1CCN(c2ccc(NC3CCC(=O)NC3=O)cc2F)CC1.O=C(O)C(F)(F)F. The van der Waals surface area contributed by atoms with Crippen LogP contribution in [-0.4, -0.2) is 54.2 Å². The fraction of sp³-hybridized carbons (Fsp3) is 0.500. The minimum absolute atomic E-state index is 0.197. The highest BCUT2D eigenvalue weighted by atomic mass is 19.4. The van der Waals surface area contributed by atoms with Crippen molar-refractivity contribution in [2.24, 2.45) is 5.73 Å². The Kier molecular flexibility index (Phi) is 7.59. The van der Waals surface area contributed by atoms with Gasteiger partial charge in [-0.05, 0) is 37.5 Å². The molecule has 0 radical (unpaired) electrons. The number of hydrogen-bond donors (Lipinski definition) is 4. The van der Waals surface area contributed by atoms with Crippen LogP contribution in [0.4, 0.5) is 28.9 Å². The Labute approximate surface area is 169 Å². The number of hydrogen-bond acceptors (Lipinski definition) is 6. The molecule has 12 heteroatoms. The molecule has 0 aromatic heterocycles. The maximum absolute atomic E-state index is 14.4. The van der Waals surface area contributed by atoms with E-state index in [2.05, 4.69) is 10.6 Å². The molecule has 0 spiro atoms. The van der Waals surface area contributed by atoms with Crippen molar-refractivity contribution < 1.29 is 37.1 Å². The zero-order chi connectivity index (χ0) is 22.5. The Balaban J connectivity index is 0.000000396. The van der Waals surface area contributed by atoms with Gasteiger partial charge in [0.15, 0.2) is 0 Å². The lowest BCUT2D eigenvalue weighted by molar-refractivity contribution is -0.192. The fourth-order valence-electron chi connectivity index (χ4n) is 3.03. The van der Waals surface area contributed by atoms with Gasteiger partial charge in [-0.25, -0.2) is 9.18 Å². The number of anilines is 2. The molecule has 1 atom stereocenters. The number of rotatable bonds is 3. The van der Waals surface area contributed by atoms with Crippen LogP contribution in [0, 0.1) is 5.82 Å². The van der Waals surface area contributed by atoms with Crippen molar-refractivity contribution in [3.8, 4) is 0 Å². The van der Waals surface area contributed by atoms with Crippen molar-refractivity contribution in [2.45, 2.75) is 43.9 Å². The molecule has 2 fully saturated rings. The van der Waals surface area contributed by atoms with E-state index < -0.39 is 18.2 Å². The number of nitrogens with two attached hydrogens (primary N) is 1. The number of carbonyl (C=O) groups is 3. The zero-order valence-electron chi connectivity index (χ0n) is 15.8. The van der Waals surface area contributed by atoms with Gasteiger partial charge in [-0.15, -0.1) is 0 Å². The van der Waals surface area contributed by atoms with E-state index in [-0.39, 0.29) is 30.1 Å². The van der Waals surface area contributed by atoms with Gasteiger partial charge in [0.05, 0.1) is 5.69 Å². The monoisotopic (exact) mass is 434 g/mol. The summed E-state index contributed by atoms with van der Waals surface area (Å²) < 4.78 is 46.1. The number of amides is 2. The molecular weight excluding hydrogens is 412 g/mol. The molecule has 8 nitrogen and oxygen atoms in total. The second kappa shape index (κ2) is 9.74. The lowest BCUT2D eigenvalue weighted by atomic mass is 10.0. The Morgan fingerprint density at radius 2 is 1.80 bits per heavy atom. The quantitative estimate of drug-likeness (QED) is 0.421. The zero-order valence-corrected chi connectivity index (χ0v) is 15.8. The van der Waals surface area contributed by atoms with Gasteiger partial charge in [0.1, 0.15) is 11.9 Å². The number of aliphatic carboxylic acids is 1. The lowest BCUT2D eigenvalue weighted by Crippen LogP contribution is -2.47. The first-order valence-electron chi connectivity index (χ1n) is 9.17. The van der Waals surface area contributed by atoms with Gasteiger partial charge in [0.2, 0.25) is 11.8 Å². The molecule has 1 unspecified atom stereocenters. The van der Waals surface area contributed by atoms with Gasteiger partial charge in [-0.2, -0.15) is 13.2 Å². The highest BCUT2D eigenvalue weighted by Gasteiger charge is 2.38. The number of piperidine rings is 2. The molecule has 1 aromatic carbocycles. The van der Waals surface area contributed by atoms with E-state index in [0.29, 0.717) is 17.8 Å². The highest BCUT2D eigenvalue weighted by molar-refractivity contribution is 6.01. The third-order valence-corrected chi connectivity index (χ3v) is 4.65. The first-order chi connectivity index (χ1) is 14.0. The van der Waals surface area contributed by atoms with E-state index in [0.717, 1.165) is 25.9 Å². The molecule has 5 N–H and O–H groups in total. The van der Waals surface area contributed by atoms with Crippen LogP contribution in [0.3, 0.4) is 0 Å². The summed E-state index contributed by atoms with van der Waals surface area (Å²) in [5.41, 5.74) is 6.97. The third kappa shape index (κ3) is 6.58. The van der Waals surface area contributed by atoms with Crippen LogP contribution in [0.2, 0.25) is 0 Å². The van der Waals surface area contributed by atoms with Crippen LogP contribution < -0.4 is 21.3 Å². The smallest absolute Gasteiger partial charge is 0.475 e. The highest BCUT2D eigenvalue weighted by Crippen LogP contribution is 2.26. The van der Waals surface area contributed by atoms with Crippen LogP contribution in [0.25, 0.3) is 0 Å². The summed E-state index contributed by atoms with van der Waals surface area (Å²) in [4.78, 5) is 33.8. The molecule has 2 aliphatic heterocycles. The largest absolute Gasteiger partial charge is 0.490 e. The summed E-state index contributed by atoms with van der Waals surface area (Å²) in [6.45, 7) is 1.50. The summed E-state index contributed by atoms with van der Waals surface area (Å²) in [7, 11) is 0. The second-order valence-electron chi connectivity index (χ2n) is 6.94. The molecule has 0 saturated carbocycles. The van der Waals surface area contributed by atoms with Crippen molar-refractivity contribution in [2.75, 3.05) is 23.3 Å². The first kappa shape index (κ1) is 23.4. The van der Waals surface area contributed by atoms with Gasteiger partial charge in [-0.1, -0.05) is 0 Å². The number of carboxylic acid groups (broad SMARTS) is 1. The van der Waals surface area contributed by atoms with Crippen molar-refractivity contribution in [1.29, 1.82) is 0 Å². The van der Waals surface area contributed by atoms with Gasteiger partial charge < -0.3 is 21.1 Å².